The fourth-order valence-corrected chi connectivity index (χ4v) is 3.15. The summed E-state index contributed by atoms with van der Waals surface area (Å²) < 4.78 is 0. The van der Waals surface area contributed by atoms with E-state index in [1.54, 1.807) is 0 Å². The van der Waals surface area contributed by atoms with Crippen LogP contribution in [0, 0.1) is 5.92 Å². The van der Waals surface area contributed by atoms with Crippen LogP contribution in [0.5, 0.6) is 0 Å². The molecular weight excluding hydrogens is 244 g/mol. The van der Waals surface area contributed by atoms with Crippen LogP contribution in [-0.2, 0) is 6.42 Å². The highest BCUT2D eigenvalue weighted by Crippen LogP contribution is 2.24. The summed E-state index contributed by atoms with van der Waals surface area (Å²) >= 11 is 0. The second-order valence-electron chi connectivity index (χ2n) is 6.92. The van der Waals surface area contributed by atoms with Crippen LogP contribution in [0.4, 0.5) is 0 Å². The number of hydrogen-bond acceptors (Lipinski definition) is 2. The normalized spacial score (nSPS) is 27.9. The van der Waals surface area contributed by atoms with Crippen LogP contribution in [0.15, 0.2) is 30.3 Å². The number of benzene rings is 1. The smallest absolute Gasteiger partial charge is 0.0304 e. The number of nitrogens with zero attached hydrogens (tertiary/aromatic N) is 1. The molecule has 1 saturated heterocycles. The summed E-state index contributed by atoms with van der Waals surface area (Å²) in [5.74, 6) is 0.733. The van der Waals surface area contributed by atoms with Gasteiger partial charge in [-0.15, -0.1) is 0 Å². The van der Waals surface area contributed by atoms with Crippen molar-refractivity contribution in [3.05, 3.63) is 35.9 Å². The maximum absolute atomic E-state index is 3.77. The zero-order valence-electron chi connectivity index (χ0n) is 13.5. The molecule has 2 nitrogen and oxygen atoms in total. The molecule has 1 heterocycles. The molecule has 0 aliphatic carbocycles. The maximum atomic E-state index is 3.77. The van der Waals surface area contributed by atoms with Crippen LogP contribution in [0.1, 0.15) is 39.7 Å². The first kappa shape index (κ1) is 15.5. The molecule has 1 aromatic carbocycles. The van der Waals surface area contributed by atoms with E-state index in [4.69, 9.17) is 0 Å². The van der Waals surface area contributed by atoms with Gasteiger partial charge in [-0.05, 0) is 31.2 Å². The van der Waals surface area contributed by atoms with Gasteiger partial charge in [0.1, 0.15) is 0 Å². The highest BCUT2D eigenvalue weighted by atomic mass is 15.3. The van der Waals surface area contributed by atoms with E-state index in [1.165, 1.54) is 18.5 Å². The predicted octanol–water partition coefficient (Wildman–Crippen LogP) is 3.33. The molecular formula is C18H30N2. The van der Waals surface area contributed by atoms with E-state index in [-0.39, 0.29) is 0 Å². The largest absolute Gasteiger partial charge is 0.311 e. The third-order valence-corrected chi connectivity index (χ3v) is 4.65. The van der Waals surface area contributed by atoms with E-state index in [2.05, 4.69) is 68.2 Å². The van der Waals surface area contributed by atoms with Crippen LogP contribution in [0.25, 0.3) is 0 Å². The molecule has 2 rings (SSSR count). The van der Waals surface area contributed by atoms with Crippen molar-refractivity contribution in [1.29, 1.82) is 0 Å². The van der Waals surface area contributed by atoms with Crippen LogP contribution in [0.2, 0.25) is 0 Å². The lowest BCUT2D eigenvalue weighted by Gasteiger charge is -2.48. The molecule has 0 spiro atoms. The first-order chi connectivity index (χ1) is 9.53. The summed E-state index contributed by atoms with van der Waals surface area (Å²) in [6.07, 6.45) is 2.35. The van der Waals surface area contributed by atoms with Gasteiger partial charge in [0.05, 0.1) is 0 Å². The SMILES string of the molecule is CCC1(C)CNC(Cc2ccccc2)CN1CC(C)C. The monoisotopic (exact) mass is 274 g/mol. The maximum Gasteiger partial charge on any atom is 0.0304 e. The van der Waals surface area contributed by atoms with Crippen molar-refractivity contribution in [3.8, 4) is 0 Å². The molecule has 0 saturated carbocycles. The average Bonchev–Trinajstić information content (AvgIpc) is 2.43. The third kappa shape index (κ3) is 3.83. The minimum Gasteiger partial charge on any atom is -0.311 e. The number of rotatable bonds is 5. The van der Waals surface area contributed by atoms with Gasteiger partial charge in [0.15, 0.2) is 0 Å². The molecule has 0 amide bonds. The highest BCUT2D eigenvalue weighted by molar-refractivity contribution is 5.16. The zero-order chi connectivity index (χ0) is 14.6. The lowest BCUT2D eigenvalue weighted by Crippen LogP contribution is -2.64. The summed E-state index contributed by atoms with van der Waals surface area (Å²) in [6, 6.07) is 11.4. The molecule has 2 atom stereocenters. The lowest BCUT2D eigenvalue weighted by molar-refractivity contribution is 0.0389. The van der Waals surface area contributed by atoms with Gasteiger partial charge < -0.3 is 5.32 Å². The molecule has 1 N–H and O–H groups in total. The first-order valence-electron chi connectivity index (χ1n) is 8.06. The van der Waals surface area contributed by atoms with E-state index in [0.29, 0.717) is 11.6 Å². The van der Waals surface area contributed by atoms with Crippen molar-refractivity contribution in [2.45, 2.75) is 52.1 Å². The summed E-state index contributed by atoms with van der Waals surface area (Å²) in [7, 11) is 0. The molecule has 1 aliphatic rings. The summed E-state index contributed by atoms with van der Waals surface area (Å²) in [6.45, 7) is 12.8. The molecule has 2 unspecified atom stereocenters. The standard InChI is InChI=1S/C18H30N2/c1-5-18(4)14-19-17(13-20(18)12-15(2)3)11-16-9-7-6-8-10-16/h6-10,15,17,19H,5,11-14H2,1-4H3. The van der Waals surface area contributed by atoms with E-state index >= 15 is 0 Å². The Bertz CT molecular complexity index is 401. The summed E-state index contributed by atoms with van der Waals surface area (Å²) in [5, 5.41) is 3.77. The lowest BCUT2D eigenvalue weighted by atomic mass is 9.89. The van der Waals surface area contributed by atoms with Crippen molar-refractivity contribution in [2.24, 2.45) is 5.92 Å². The van der Waals surface area contributed by atoms with Gasteiger partial charge >= 0.3 is 0 Å². The van der Waals surface area contributed by atoms with Crippen molar-refractivity contribution in [1.82, 2.24) is 10.2 Å². The second-order valence-corrected chi connectivity index (χ2v) is 6.92. The van der Waals surface area contributed by atoms with Gasteiger partial charge in [-0.25, -0.2) is 0 Å². The van der Waals surface area contributed by atoms with E-state index in [9.17, 15) is 0 Å². The van der Waals surface area contributed by atoms with E-state index in [0.717, 1.165) is 25.4 Å². The molecule has 0 aromatic heterocycles. The Morgan fingerprint density at radius 2 is 2.00 bits per heavy atom. The summed E-state index contributed by atoms with van der Waals surface area (Å²) in [5.41, 5.74) is 1.76. The van der Waals surface area contributed by atoms with Gasteiger partial charge in [0.2, 0.25) is 0 Å². The molecule has 1 fully saturated rings. The molecule has 0 bridgehead atoms. The minimum absolute atomic E-state index is 0.317. The van der Waals surface area contributed by atoms with Crippen LogP contribution >= 0.6 is 0 Å². The Morgan fingerprint density at radius 1 is 1.30 bits per heavy atom. The third-order valence-electron chi connectivity index (χ3n) is 4.65. The summed E-state index contributed by atoms with van der Waals surface area (Å²) in [4.78, 5) is 2.71. The number of piperazine rings is 1. The highest BCUT2D eigenvalue weighted by Gasteiger charge is 2.36. The molecule has 1 aliphatic heterocycles. The Labute approximate surface area is 124 Å². The quantitative estimate of drug-likeness (QED) is 0.886. The Balaban J connectivity index is 2.01. The minimum atomic E-state index is 0.317. The molecule has 0 radical (unpaired) electrons. The average molecular weight is 274 g/mol. The Kier molecular flexibility index (Phi) is 5.22. The number of nitrogens with one attached hydrogen (secondary N) is 1. The molecule has 2 heteroatoms. The van der Waals surface area contributed by atoms with Crippen LogP contribution < -0.4 is 5.32 Å². The van der Waals surface area contributed by atoms with Crippen LogP contribution in [0.3, 0.4) is 0 Å². The second kappa shape index (κ2) is 6.73. The van der Waals surface area contributed by atoms with Gasteiger partial charge in [-0.3, -0.25) is 4.90 Å². The Morgan fingerprint density at radius 3 is 2.60 bits per heavy atom. The Hall–Kier alpha value is -0.860. The van der Waals surface area contributed by atoms with Crippen LogP contribution in [-0.4, -0.2) is 36.1 Å². The molecule has 112 valence electrons. The van der Waals surface area contributed by atoms with Gasteiger partial charge in [-0.2, -0.15) is 0 Å². The topological polar surface area (TPSA) is 15.3 Å². The van der Waals surface area contributed by atoms with Crippen molar-refractivity contribution >= 4 is 0 Å². The fourth-order valence-electron chi connectivity index (χ4n) is 3.15. The van der Waals surface area contributed by atoms with Crippen molar-refractivity contribution < 1.29 is 0 Å². The van der Waals surface area contributed by atoms with Gasteiger partial charge in [-0.1, -0.05) is 51.1 Å². The van der Waals surface area contributed by atoms with Gasteiger partial charge in [0, 0.05) is 31.2 Å². The van der Waals surface area contributed by atoms with Crippen molar-refractivity contribution in [2.75, 3.05) is 19.6 Å². The zero-order valence-corrected chi connectivity index (χ0v) is 13.5. The van der Waals surface area contributed by atoms with Gasteiger partial charge in [0.25, 0.3) is 0 Å². The molecule has 1 aromatic rings. The molecule has 20 heavy (non-hydrogen) atoms. The number of hydrogen-bond donors (Lipinski definition) is 1. The van der Waals surface area contributed by atoms with E-state index in [1.807, 2.05) is 0 Å². The predicted molar refractivity (Wildman–Crippen MR) is 87.0 cm³/mol. The first-order valence-corrected chi connectivity index (χ1v) is 8.06. The van der Waals surface area contributed by atoms with E-state index < -0.39 is 0 Å². The fraction of sp³-hybridized carbons (Fsp3) is 0.667. The van der Waals surface area contributed by atoms with Crippen molar-refractivity contribution in [3.63, 3.8) is 0 Å².